The van der Waals surface area contributed by atoms with Crippen LogP contribution in [0.5, 0.6) is 5.75 Å². The molecule has 0 aliphatic carbocycles. The zero-order chi connectivity index (χ0) is 12.8. The molecule has 0 atom stereocenters. The van der Waals surface area contributed by atoms with Crippen molar-refractivity contribution in [1.29, 1.82) is 0 Å². The number of likely N-dealkylation sites (N-methyl/N-ethyl adjacent to an activating group) is 1. The lowest BCUT2D eigenvalue weighted by atomic mass is 10.2. The monoisotopic (exact) mass is 237 g/mol. The summed E-state index contributed by atoms with van der Waals surface area (Å²) < 4.78 is 5.52. The first kappa shape index (κ1) is 13.3. The van der Waals surface area contributed by atoms with Crippen LogP contribution in [-0.2, 0) is 0 Å². The van der Waals surface area contributed by atoms with Crippen molar-refractivity contribution >= 4 is 11.6 Å². The Kier molecular flexibility index (Phi) is 4.78. The van der Waals surface area contributed by atoms with Gasteiger partial charge < -0.3 is 20.7 Å². The number of nitrogens with zero attached hydrogens (tertiary/aromatic N) is 1. The molecule has 1 aromatic carbocycles. The summed E-state index contributed by atoms with van der Waals surface area (Å²) in [6, 6.07) is 5.03. The maximum atomic E-state index is 11.4. The topological polar surface area (TPSA) is 67.6 Å². The van der Waals surface area contributed by atoms with Gasteiger partial charge in [-0.2, -0.15) is 0 Å². The molecule has 0 aliphatic rings. The average Bonchev–Trinajstić information content (AvgIpc) is 2.29. The van der Waals surface area contributed by atoms with Crippen molar-refractivity contribution in [3.05, 3.63) is 23.8 Å². The van der Waals surface area contributed by atoms with Crippen LogP contribution < -0.4 is 15.8 Å². The molecular weight excluding hydrogens is 218 g/mol. The number of nitrogen functional groups attached to an aromatic ring is 1. The normalized spacial score (nSPS) is 10.4. The number of amides is 1. The zero-order valence-electron chi connectivity index (χ0n) is 10.5. The fraction of sp³-hybridized carbons (Fsp3) is 0.417. The minimum atomic E-state index is -0.156. The Hall–Kier alpha value is -1.75. The Morgan fingerprint density at radius 2 is 2.18 bits per heavy atom. The molecule has 0 heterocycles. The van der Waals surface area contributed by atoms with Gasteiger partial charge in [-0.3, -0.25) is 4.79 Å². The number of benzene rings is 1. The number of hydrogen-bond acceptors (Lipinski definition) is 4. The van der Waals surface area contributed by atoms with Crippen LogP contribution in [0.2, 0.25) is 0 Å². The molecule has 5 heteroatoms. The highest BCUT2D eigenvalue weighted by Gasteiger charge is 2.07. The predicted molar refractivity (Wildman–Crippen MR) is 68.3 cm³/mol. The third-order valence-electron chi connectivity index (χ3n) is 2.30. The maximum Gasteiger partial charge on any atom is 0.251 e. The highest BCUT2D eigenvalue weighted by atomic mass is 16.5. The highest BCUT2D eigenvalue weighted by molar-refractivity contribution is 5.95. The molecule has 0 spiro atoms. The van der Waals surface area contributed by atoms with E-state index in [1.165, 1.54) is 0 Å². The Balaban J connectivity index is 2.66. The van der Waals surface area contributed by atoms with E-state index in [0.717, 1.165) is 6.54 Å². The maximum absolute atomic E-state index is 11.4. The van der Waals surface area contributed by atoms with E-state index < -0.39 is 0 Å². The van der Waals surface area contributed by atoms with Crippen LogP contribution in [0.25, 0.3) is 0 Å². The van der Waals surface area contributed by atoms with Gasteiger partial charge in [-0.1, -0.05) is 0 Å². The molecule has 3 N–H and O–H groups in total. The van der Waals surface area contributed by atoms with E-state index in [1.807, 2.05) is 19.0 Å². The molecule has 17 heavy (non-hydrogen) atoms. The number of ether oxygens (including phenoxy) is 1. The van der Waals surface area contributed by atoms with Gasteiger partial charge in [0.05, 0.1) is 5.69 Å². The second kappa shape index (κ2) is 6.10. The fourth-order valence-electron chi connectivity index (χ4n) is 1.30. The van der Waals surface area contributed by atoms with Crippen LogP contribution >= 0.6 is 0 Å². The Labute approximate surface area is 102 Å². The molecule has 1 aromatic rings. The van der Waals surface area contributed by atoms with Crippen molar-refractivity contribution in [3.8, 4) is 5.75 Å². The van der Waals surface area contributed by atoms with Crippen LogP contribution in [-0.4, -0.2) is 45.1 Å². The van der Waals surface area contributed by atoms with E-state index in [2.05, 4.69) is 5.32 Å². The number of carbonyl (C=O) groups is 1. The molecule has 0 fully saturated rings. The lowest BCUT2D eigenvalue weighted by Gasteiger charge is -2.13. The van der Waals surface area contributed by atoms with E-state index in [4.69, 9.17) is 10.5 Å². The number of nitrogens with one attached hydrogen (secondary N) is 1. The third kappa shape index (κ3) is 3.96. The van der Waals surface area contributed by atoms with Gasteiger partial charge in [0.15, 0.2) is 0 Å². The van der Waals surface area contributed by atoms with Crippen molar-refractivity contribution in [2.45, 2.75) is 0 Å². The number of nitrogens with two attached hydrogens (primary N) is 1. The molecule has 0 saturated carbocycles. The van der Waals surface area contributed by atoms with Crippen molar-refractivity contribution in [3.63, 3.8) is 0 Å². The van der Waals surface area contributed by atoms with E-state index in [-0.39, 0.29) is 5.91 Å². The number of hydrogen-bond donors (Lipinski definition) is 2. The van der Waals surface area contributed by atoms with E-state index in [9.17, 15) is 4.79 Å². The average molecular weight is 237 g/mol. The second-order valence-electron chi connectivity index (χ2n) is 3.98. The minimum Gasteiger partial charge on any atom is -0.490 e. The molecular formula is C12H19N3O2. The van der Waals surface area contributed by atoms with Crippen molar-refractivity contribution in [1.82, 2.24) is 10.2 Å². The first-order valence-electron chi connectivity index (χ1n) is 5.43. The molecule has 0 saturated heterocycles. The summed E-state index contributed by atoms with van der Waals surface area (Å²) in [4.78, 5) is 13.4. The van der Waals surface area contributed by atoms with Gasteiger partial charge in [-0.25, -0.2) is 0 Å². The number of carbonyl (C=O) groups excluding carboxylic acids is 1. The van der Waals surface area contributed by atoms with Gasteiger partial charge in [-0.15, -0.1) is 0 Å². The van der Waals surface area contributed by atoms with Crippen molar-refractivity contribution < 1.29 is 9.53 Å². The molecule has 0 bridgehead atoms. The number of anilines is 1. The van der Waals surface area contributed by atoms with Gasteiger partial charge in [0.2, 0.25) is 0 Å². The van der Waals surface area contributed by atoms with Gasteiger partial charge >= 0.3 is 0 Å². The summed E-state index contributed by atoms with van der Waals surface area (Å²) in [6.45, 7) is 1.38. The highest BCUT2D eigenvalue weighted by Crippen LogP contribution is 2.22. The predicted octanol–water partition coefficient (Wildman–Crippen LogP) is 0.569. The van der Waals surface area contributed by atoms with Crippen molar-refractivity contribution in [2.75, 3.05) is 40.0 Å². The first-order valence-corrected chi connectivity index (χ1v) is 5.43. The lowest BCUT2D eigenvalue weighted by molar-refractivity contribution is 0.0963. The largest absolute Gasteiger partial charge is 0.490 e. The van der Waals surface area contributed by atoms with Crippen LogP contribution in [0.3, 0.4) is 0 Å². The molecule has 0 aromatic heterocycles. The summed E-state index contributed by atoms with van der Waals surface area (Å²) in [7, 11) is 5.53. The minimum absolute atomic E-state index is 0.156. The summed E-state index contributed by atoms with van der Waals surface area (Å²) in [5.74, 6) is 0.455. The molecule has 0 radical (unpaired) electrons. The van der Waals surface area contributed by atoms with Gasteiger partial charge in [0.25, 0.3) is 5.91 Å². The van der Waals surface area contributed by atoms with Crippen LogP contribution in [0, 0.1) is 0 Å². The van der Waals surface area contributed by atoms with Crippen LogP contribution in [0.4, 0.5) is 5.69 Å². The molecule has 1 amide bonds. The summed E-state index contributed by atoms with van der Waals surface area (Å²) in [6.07, 6.45) is 0. The Morgan fingerprint density at radius 3 is 2.71 bits per heavy atom. The summed E-state index contributed by atoms with van der Waals surface area (Å²) in [5, 5.41) is 2.54. The smallest absolute Gasteiger partial charge is 0.251 e. The van der Waals surface area contributed by atoms with Crippen LogP contribution in [0.1, 0.15) is 10.4 Å². The zero-order valence-corrected chi connectivity index (χ0v) is 10.5. The first-order chi connectivity index (χ1) is 8.04. The second-order valence-corrected chi connectivity index (χ2v) is 3.98. The van der Waals surface area contributed by atoms with Gasteiger partial charge in [0, 0.05) is 19.2 Å². The molecule has 0 unspecified atom stereocenters. The van der Waals surface area contributed by atoms with Crippen molar-refractivity contribution in [2.24, 2.45) is 0 Å². The fourth-order valence-corrected chi connectivity index (χ4v) is 1.30. The molecule has 1 rings (SSSR count). The lowest BCUT2D eigenvalue weighted by Crippen LogP contribution is -2.20. The molecule has 94 valence electrons. The quantitative estimate of drug-likeness (QED) is 0.735. The third-order valence-corrected chi connectivity index (χ3v) is 2.30. The summed E-state index contributed by atoms with van der Waals surface area (Å²) >= 11 is 0. The van der Waals surface area contributed by atoms with Crippen LogP contribution in [0.15, 0.2) is 18.2 Å². The number of rotatable bonds is 5. The Morgan fingerprint density at radius 1 is 1.47 bits per heavy atom. The molecule has 5 nitrogen and oxygen atoms in total. The van der Waals surface area contributed by atoms with Gasteiger partial charge in [0.1, 0.15) is 12.4 Å². The summed E-state index contributed by atoms with van der Waals surface area (Å²) in [5.41, 5.74) is 6.82. The van der Waals surface area contributed by atoms with Gasteiger partial charge in [-0.05, 0) is 32.3 Å². The van der Waals surface area contributed by atoms with E-state index in [1.54, 1.807) is 25.2 Å². The standard InChI is InChI=1S/C12H19N3O2/c1-14-12(16)9-4-5-11(10(13)8-9)17-7-6-15(2)3/h4-5,8H,6-7,13H2,1-3H3,(H,14,16). The van der Waals surface area contributed by atoms with E-state index in [0.29, 0.717) is 23.6 Å². The van der Waals surface area contributed by atoms with E-state index >= 15 is 0 Å². The SMILES string of the molecule is CNC(=O)c1ccc(OCCN(C)C)c(N)c1. The Bertz CT molecular complexity index is 391. The molecule has 0 aliphatic heterocycles.